The molecule has 6 nitrogen and oxygen atoms in total. The molecule has 0 amide bonds. The molecule has 1 aromatic heterocycles. The maximum atomic E-state index is 11.9. The van der Waals surface area contributed by atoms with Gasteiger partial charge >= 0.3 is 0 Å². The van der Waals surface area contributed by atoms with Crippen LogP contribution in [0.2, 0.25) is 0 Å². The summed E-state index contributed by atoms with van der Waals surface area (Å²) in [5, 5.41) is 8.81. The van der Waals surface area contributed by atoms with Crippen molar-refractivity contribution in [2.45, 2.75) is 11.7 Å². The fourth-order valence-corrected chi connectivity index (χ4v) is 2.40. The average Bonchev–Trinajstić information content (AvgIpc) is 2.94. The quantitative estimate of drug-likeness (QED) is 0.843. The summed E-state index contributed by atoms with van der Waals surface area (Å²) >= 11 is 0. The zero-order chi connectivity index (χ0) is 15.5. The lowest BCUT2D eigenvalue weighted by Gasteiger charge is -2.08. The van der Waals surface area contributed by atoms with Crippen molar-refractivity contribution < 1.29 is 17.6 Å². The number of nitriles is 1. The van der Waals surface area contributed by atoms with Gasteiger partial charge in [0.2, 0.25) is 5.09 Å². The summed E-state index contributed by atoms with van der Waals surface area (Å²) in [7, 11) is -0.738. The maximum Gasteiger partial charge on any atom is 0.275 e. The predicted octanol–water partition coefficient (Wildman–Crippen LogP) is 1.98. The number of furan rings is 1. The van der Waals surface area contributed by atoms with Crippen molar-refractivity contribution in [2.75, 3.05) is 14.1 Å². The van der Waals surface area contributed by atoms with E-state index in [2.05, 4.69) is 0 Å². The summed E-state index contributed by atoms with van der Waals surface area (Å²) in [6.07, 6.45) is 0. The first kappa shape index (κ1) is 15.1. The van der Waals surface area contributed by atoms with Gasteiger partial charge in [-0.1, -0.05) is 12.1 Å². The molecule has 2 rings (SSSR count). The Morgan fingerprint density at radius 2 is 1.95 bits per heavy atom. The largest absolute Gasteiger partial charge is 0.484 e. The normalized spacial score (nSPS) is 11.3. The molecule has 0 saturated carbocycles. The first-order valence-electron chi connectivity index (χ1n) is 6.08. The van der Waals surface area contributed by atoms with Crippen LogP contribution < -0.4 is 4.74 Å². The van der Waals surface area contributed by atoms with Gasteiger partial charge in [-0.25, -0.2) is 12.7 Å². The molecule has 0 N–H and O–H groups in total. The third-order valence-corrected chi connectivity index (χ3v) is 4.44. The number of hydrogen-bond donors (Lipinski definition) is 0. The van der Waals surface area contributed by atoms with Crippen molar-refractivity contribution in [3.05, 3.63) is 47.7 Å². The summed E-state index contributed by atoms with van der Waals surface area (Å²) in [6.45, 7) is 0.0433. The van der Waals surface area contributed by atoms with Crippen molar-refractivity contribution in [1.29, 1.82) is 5.26 Å². The second-order valence-electron chi connectivity index (χ2n) is 4.40. The Labute approximate surface area is 123 Å². The smallest absolute Gasteiger partial charge is 0.275 e. The van der Waals surface area contributed by atoms with Gasteiger partial charge < -0.3 is 9.15 Å². The summed E-state index contributed by atoms with van der Waals surface area (Å²) in [5.41, 5.74) is 0.408. The fraction of sp³-hybridized carbons (Fsp3) is 0.214. The van der Waals surface area contributed by atoms with E-state index in [9.17, 15) is 8.42 Å². The molecule has 21 heavy (non-hydrogen) atoms. The minimum atomic E-state index is -3.59. The minimum absolute atomic E-state index is 0.0433. The van der Waals surface area contributed by atoms with Crippen molar-refractivity contribution >= 4 is 10.0 Å². The van der Waals surface area contributed by atoms with E-state index >= 15 is 0 Å². The maximum absolute atomic E-state index is 11.9. The Hall–Kier alpha value is -2.30. The third kappa shape index (κ3) is 3.24. The van der Waals surface area contributed by atoms with E-state index in [4.69, 9.17) is 14.4 Å². The molecule has 0 radical (unpaired) electrons. The molecule has 0 aliphatic carbocycles. The molecule has 110 valence electrons. The van der Waals surface area contributed by atoms with E-state index in [1.165, 1.54) is 26.2 Å². The lowest BCUT2D eigenvalue weighted by Crippen LogP contribution is -2.21. The average molecular weight is 306 g/mol. The number of sulfonamides is 1. The summed E-state index contributed by atoms with van der Waals surface area (Å²) in [6, 6.07) is 11.7. The van der Waals surface area contributed by atoms with Crippen LogP contribution in [0.15, 0.2) is 45.9 Å². The molecule has 0 bridgehead atoms. The number of ether oxygens (including phenoxy) is 1. The van der Waals surface area contributed by atoms with Gasteiger partial charge in [-0.3, -0.25) is 0 Å². The van der Waals surface area contributed by atoms with Gasteiger partial charge in [0.15, 0.2) is 0 Å². The minimum Gasteiger partial charge on any atom is -0.484 e. The van der Waals surface area contributed by atoms with Crippen molar-refractivity contribution in [1.82, 2.24) is 4.31 Å². The highest BCUT2D eigenvalue weighted by Gasteiger charge is 2.21. The van der Waals surface area contributed by atoms with Crippen molar-refractivity contribution in [2.24, 2.45) is 0 Å². The van der Waals surface area contributed by atoms with Gasteiger partial charge in [-0.05, 0) is 24.3 Å². The fourth-order valence-electron chi connectivity index (χ4n) is 1.59. The third-order valence-electron chi connectivity index (χ3n) is 2.75. The van der Waals surface area contributed by atoms with Crippen molar-refractivity contribution in [3.63, 3.8) is 0 Å². The highest BCUT2D eigenvalue weighted by molar-refractivity contribution is 7.88. The summed E-state index contributed by atoms with van der Waals surface area (Å²) in [4.78, 5) is 0. The summed E-state index contributed by atoms with van der Waals surface area (Å²) < 4.78 is 35.6. The van der Waals surface area contributed by atoms with Crippen LogP contribution in [0.5, 0.6) is 5.75 Å². The van der Waals surface area contributed by atoms with Crippen molar-refractivity contribution in [3.8, 4) is 11.8 Å². The van der Waals surface area contributed by atoms with E-state index in [0.717, 1.165) is 4.31 Å². The second-order valence-corrected chi connectivity index (χ2v) is 6.49. The predicted molar refractivity (Wildman–Crippen MR) is 75.1 cm³/mol. The highest BCUT2D eigenvalue weighted by Crippen LogP contribution is 2.21. The first-order valence-corrected chi connectivity index (χ1v) is 7.52. The van der Waals surface area contributed by atoms with E-state index < -0.39 is 10.0 Å². The Morgan fingerprint density at radius 3 is 2.62 bits per heavy atom. The monoisotopic (exact) mass is 306 g/mol. The molecular weight excluding hydrogens is 292 g/mol. The molecule has 0 unspecified atom stereocenters. The number of rotatable bonds is 5. The lowest BCUT2D eigenvalue weighted by atomic mass is 10.2. The number of hydrogen-bond acceptors (Lipinski definition) is 5. The molecule has 0 saturated heterocycles. The van der Waals surface area contributed by atoms with Gasteiger partial charge in [0.05, 0.1) is 5.56 Å². The molecule has 2 aromatic rings. The van der Waals surface area contributed by atoms with Crippen LogP contribution in [0.1, 0.15) is 11.3 Å². The number of benzene rings is 1. The van der Waals surface area contributed by atoms with Crippen LogP contribution in [0.3, 0.4) is 0 Å². The molecule has 0 aliphatic rings. The molecule has 1 aromatic carbocycles. The highest BCUT2D eigenvalue weighted by atomic mass is 32.2. The number of para-hydroxylation sites is 1. The zero-order valence-electron chi connectivity index (χ0n) is 11.6. The van der Waals surface area contributed by atoms with Gasteiger partial charge in [-0.2, -0.15) is 5.26 Å². The Kier molecular flexibility index (Phi) is 4.31. The van der Waals surface area contributed by atoms with Crippen LogP contribution >= 0.6 is 0 Å². The topological polar surface area (TPSA) is 83.5 Å². The summed E-state index contributed by atoms with van der Waals surface area (Å²) in [5.74, 6) is 0.789. The van der Waals surface area contributed by atoms with Gasteiger partial charge in [0.1, 0.15) is 24.2 Å². The molecular formula is C14H14N2O4S. The molecule has 0 fully saturated rings. The molecule has 1 heterocycles. The van der Waals surface area contributed by atoms with E-state index in [1.807, 2.05) is 6.07 Å². The first-order chi connectivity index (χ1) is 9.95. The van der Waals surface area contributed by atoms with Gasteiger partial charge in [-0.15, -0.1) is 0 Å². The number of nitrogens with zero attached hydrogens (tertiary/aromatic N) is 2. The van der Waals surface area contributed by atoms with Crippen LogP contribution in [0.4, 0.5) is 0 Å². The molecule has 0 atom stereocenters. The van der Waals surface area contributed by atoms with Gasteiger partial charge in [0.25, 0.3) is 10.0 Å². The van der Waals surface area contributed by atoms with Crippen LogP contribution in [-0.4, -0.2) is 26.8 Å². The SMILES string of the molecule is CN(C)S(=O)(=O)c1ccc(COc2ccccc2C#N)o1. The molecule has 0 aliphatic heterocycles. The van der Waals surface area contributed by atoms with E-state index in [0.29, 0.717) is 17.1 Å². The van der Waals surface area contributed by atoms with Crippen LogP contribution in [0, 0.1) is 11.3 Å². The molecule has 7 heteroatoms. The standard InChI is InChI=1S/C14H14N2O4S/c1-16(2)21(17,18)14-8-7-12(20-14)10-19-13-6-4-3-5-11(13)9-15/h3-8H,10H2,1-2H3. The van der Waals surface area contributed by atoms with E-state index in [1.54, 1.807) is 24.3 Å². The lowest BCUT2D eigenvalue weighted by molar-refractivity contribution is 0.256. The Bertz CT molecular complexity index is 772. The van der Waals surface area contributed by atoms with E-state index in [-0.39, 0.29) is 11.7 Å². The zero-order valence-corrected chi connectivity index (χ0v) is 12.4. The van der Waals surface area contributed by atoms with Gasteiger partial charge in [0, 0.05) is 14.1 Å². The second kappa shape index (κ2) is 5.99. The Morgan fingerprint density at radius 1 is 1.24 bits per heavy atom. The molecule has 0 spiro atoms. The Balaban J connectivity index is 2.13. The van der Waals surface area contributed by atoms with Crippen LogP contribution in [-0.2, 0) is 16.6 Å². The van der Waals surface area contributed by atoms with Crippen LogP contribution in [0.25, 0.3) is 0 Å².